The molecule has 0 atom stereocenters. The summed E-state index contributed by atoms with van der Waals surface area (Å²) in [6.45, 7) is 0.979. The normalized spacial score (nSPS) is 10.8. The summed E-state index contributed by atoms with van der Waals surface area (Å²) in [5, 5.41) is 7.10. The van der Waals surface area contributed by atoms with Gasteiger partial charge in [-0.2, -0.15) is 11.3 Å². The van der Waals surface area contributed by atoms with Gasteiger partial charge in [0.2, 0.25) is 5.91 Å². The van der Waals surface area contributed by atoms with Gasteiger partial charge in [0.15, 0.2) is 0 Å². The van der Waals surface area contributed by atoms with E-state index in [0.29, 0.717) is 13.1 Å². The predicted molar refractivity (Wildman–Crippen MR) is 80.8 cm³/mol. The number of carbonyl (C=O) groups is 1. The fourth-order valence-corrected chi connectivity index (χ4v) is 2.83. The van der Waals surface area contributed by atoms with Crippen molar-refractivity contribution in [2.45, 2.75) is 13.0 Å². The van der Waals surface area contributed by atoms with Gasteiger partial charge in [-0.15, -0.1) is 0 Å². The molecule has 1 N–H and O–H groups in total. The molecule has 0 saturated heterocycles. The summed E-state index contributed by atoms with van der Waals surface area (Å²) >= 11 is 1.68. The Morgan fingerprint density at radius 1 is 1.30 bits per heavy atom. The zero-order valence-electron chi connectivity index (χ0n) is 11.0. The maximum Gasteiger partial charge on any atom is 0.240 e. The van der Waals surface area contributed by atoms with Gasteiger partial charge in [-0.1, -0.05) is 12.1 Å². The molecule has 0 aliphatic rings. The predicted octanol–water partition coefficient (Wildman–Crippen LogP) is 2.46. The number of imidazole rings is 1. The molecule has 102 valence electrons. The first kappa shape index (κ1) is 12.9. The van der Waals surface area contributed by atoms with Gasteiger partial charge in [-0.25, -0.2) is 4.98 Å². The molecule has 0 aliphatic heterocycles. The molecule has 4 nitrogen and oxygen atoms in total. The summed E-state index contributed by atoms with van der Waals surface area (Å²) in [6, 6.07) is 9.90. The van der Waals surface area contributed by atoms with Gasteiger partial charge in [0, 0.05) is 6.54 Å². The number of thiophene rings is 1. The third kappa shape index (κ3) is 2.88. The third-order valence-corrected chi connectivity index (χ3v) is 3.89. The molecule has 3 aromatic rings. The first-order valence-corrected chi connectivity index (χ1v) is 7.45. The molecule has 0 radical (unpaired) electrons. The molecule has 3 rings (SSSR count). The van der Waals surface area contributed by atoms with E-state index < -0.39 is 0 Å². The first-order valence-electron chi connectivity index (χ1n) is 6.50. The zero-order valence-corrected chi connectivity index (χ0v) is 11.8. The van der Waals surface area contributed by atoms with Crippen molar-refractivity contribution in [2.75, 3.05) is 6.54 Å². The average molecular weight is 285 g/mol. The molecular formula is C15H15N3OS. The highest BCUT2D eigenvalue weighted by Gasteiger charge is 2.06. The van der Waals surface area contributed by atoms with Crippen LogP contribution in [0, 0.1) is 0 Å². The van der Waals surface area contributed by atoms with Crippen molar-refractivity contribution in [3.63, 3.8) is 0 Å². The van der Waals surface area contributed by atoms with Crippen LogP contribution in [0.4, 0.5) is 0 Å². The zero-order chi connectivity index (χ0) is 13.8. The number of amides is 1. The molecule has 2 aromatic heterocycles. The number of aromatic nitrogens is 2. The molecule has 0 unspecified atom stereocenters. The second kappa shape index (κ2) is 5.88. The van der Waals surface area contributed by atoms with Crippen molar-refractivity contribution in [2.24, 2.45) is 0 Å². The molecular weight excluding hydrogens is 270 g/mol. The molecule has 20 heavy (non-hydrogen) atoms. The average Bonchev–Trinajstić information content (AvgIpc) is 3.09. The summed E-state index contributed by atoms with van der Waals surface area (Å²) in [7, 11) is 0. The maximum absolute atomic E-state index is 11.9. The lowest BCUT2D eigenvalue weighted by Crippen LogP contribution is -2.29. The van der Waals surface area contributed by atoms with E-state index in [1.54, 1.807) is 17.7 Å². The number of rotatable bonds is 5. The summed E-state index contributed by atoms with van der Waals surface area (Å²) in [5.74, 6) is 0.0170. The molecule has 0 fully saturated rings. The highest BCUT2D eigenvalue weighted by Crippen LogP contribution is 2.11. The summed E-state index contributed by atoms with van der Waals surface area (Å²) < 4.78 is 1.87. The van der Waals surface area contributed by atoms with Crippen molar-refractivity contribution < 1.29 is 4.79 Å². The van der Waals surface area contributed by atoms with E-state index in [0.717, 1.165) is 17.5 Å². The number of fused-ring (bicyclic) bond motifs is 1. The van der Waals surface area contributed by atoms with Crippen LogP contribution < -0.4 is 5.32 Å². The van der Waals surface area contributed by atoms with Gasteiger partial charge in [0.05, 0.1) is 17.4 Å². The highest BCUT2D eigenvalue weighted by molar-refractivity contribution is 7.07. The van der Waals surface area contributed by atoms with Crippen LogP contribution in [0.1, 0.15) is 5.56 Å². The van der Waals surface area contributed by atoms with Crippen molar-refractivity contribution in [3.05, 3.63) is 53.0 Å². The lowest BCUT2D eigenvalue weighted by Gasteiger charge is -2.06. The number of nitrogens with one attached hydrogen (secondary N) is 1. The maximum atomic E-state index is 11.9. The minimum atomic E-state index is 0.0170. The smallest absolute Gasteiger partial charge is 0.240 e. The van der Waals surface area contributed by atoms with E-state index >= 15 is 0 Å². The fourth-order valence-electron chi connectivity index (χ4n) is 2.13. The number of nitrogens with zero attached hydrogens (tertiary/aromatic N) is 2. The number of para-hydroxylation sites is 2. The fraction of sp³-hybridized carbons (Fsp3) is 0.200. The third-order valence-electron chi connectivity index (χ3n) is 3.16. The van der Waals surface area contributed by atoms with Gasteiger partial charge >= 0.3 is 0 Å². The highest BCUT2D eigenvalue weighted by atomic mass is 32.1. The van der Waals surface area contributed by atoms with Crippen LogP contribution >= 0.6 is 11.3 Å². The molecule has 2 heterocycles. The number of hydrogen-bond acceptors (Lipinski definition) is 3. The van der Waals surface area contributed by atoms with Crippen LogP contribution in [0.2, 0.25) is 0 Å². The van der Waals surface area contributed by atoms with Crippen LogP contribution in [0.25, 0.3) is 11.0 Å². The number of benzene rings is 1. The Morgan fingerprint density at radius 2 is 2.20 bits per heavy atom. The number of carbonyl (C=O) groups excluding carboxylic acids is 1. The minimum Gasteiger partial charge on any atom is -0.354 e. The Hall–Kier alpha value is -2.14. The van der Waals surface area contributed by atoms with E-state index in [1.807, 2.05) is 28.8 Å². The molecule has 0 spiro atoms. The molecule has 0 aliphatic carbocycles. The largest absolute Gasteiger partial charge is 0.354 e. The Kier molecular flexibility index (Phi) is 3.78. The SMILES string of the molecule is O=C(Cn1cnc2ccccc21)NCCc1ccsc1. The van der Waals surface area contributed by atoms with Crippen LogP contribution in [0.5, 0.6) is 0 Å². The Bertz CT molecular complexity index is 703. The van der Waals surface area contributed by atoms with Crippen molar-refractivity contribution >= 4 is 28.3 Å². The van der Waals surface area contributed by atoms with Crippen molar-refractivity contribution in [3.8, 4) is 0 Å². The van der Waals surface area contributed by atoms with Crippen LogP contribution in [0.15, 0.2) is 47.4 Å². The summed E-state index contributed by atoms with van der Waals surface area (Å²) in [4.78, 5) is 16.2. The Morgan fingerprint density at radius 3 is 3.05 bits per heavy atom. The number of hydrogen-bond donors (Lipinski definition) is 1. The topological polar surface area (TPSA) is 46.9 Å². The van der Waals surface area contributed by atoms with Gasteiger partial charge in [-0.05, 0) is 40.9 Å². The standard InChI is InChI=1S/C15H15N3OS/c19-15(16-7-5-12-6-8-20-10-12)9-18-11-17-13-3-1-2-4-14(13)18/h1-4,6,8,10-11H,5,7,9H2,(H,16,19). The van der Waals surface area contributed by atoms with E-state index in [2.05, 4.69) is 27.1 Å². The molecule has 0 bridgehead atoms. The van der Waals surface area contributed by atoms with Crippen LogP contribution in [-0.4, -0.2) is 22.0 Å². The van der Waals surface area contributed by atoms with Crippen LogP contribution in [-0.2, 0) is 17.8 Å². The lowest BCUT2D eigenvalue weighted by molar-refractivity contribution is -0.121. The van der Waals surface area contributed by atoms with Crippen molar-refractivity contribution in [1.29, 1.82) is 0 Å². The molecule has 0 saturated carbocycles. The molecule has 1 amide bonds. The van der Waals surface area contributed by atoms with E-state index in [9.17, 15) is 4.79 Å². The van der Waals surface area contributed by atoms with Gasteiger partial charge in [-0.3, -0.25) is 4.79 Å². The van der Waals surface area contributed by atoms with E-state index in [-0.39, 0.29) is 5.91 Å². The Balaban J connectivity index is 1.56. The van der Waals surface area contributed by atoms with Gasteiger partial charge in [0.25, 0.3) is 0 Å². The summed E-state index contributed by atoms with van der Waals surface area (Å²) in [5.41, 5.74) is 3.17. The second-order valence-electron chi connectivity index (χ2n) is 4.59. The van der Waals surface area contributed by atoms with E-state index in [1.165, 1.54) is 5.56 Å². The quantitative estimate of drug-likeness (QED) is 0.782. The van der Waals surface area contributed by atoms with Gasteiger partial charge in [0.1, 0.15) is 6.54 Å². The lowest BCUT2D eigenvalue weighted by atomic mass is 10.2. The summed E-state index contributed by atoms with van der Waals surface area (Å²) in [6.07, 6.45) is 2.59. The Labute approximate surface area is 121 Å². The monoisotopic (exact) mass is 285 g/mol. The van der Waals surface area contributed by atoms with Gasteiger partial charge < -0.3 is 9.88 Å². The minimum absolute atomic E-state index is 0.0170. The van der Waals surface area contributed by atoms with Crippen LogP contribution in [0.3, 0.4) is 0 Å². The van der Waals surface area contributed by atoms with Crippen molar-refractivity contribution in [1.82, 2.24) is 14.9 Å². The van der Waals surface area contributed by atoms with E-state index in [4.69, 9.17) is 0 Å². The first-order chi connectivity index (χ1) is 9.83. The second-order valence-corrected chi connectivity index (χ2v) is 5.37. The molecule has 1 aromatic carbocycles. The molecule has 5 heteroatoms.